The number of hydrogen-bond acceptors (Lipinski definition) is 4. The second-order valence-electron chi connectivity index (χ2n) is 4.42. The smallest absolute Gasteiger partial charge is 0.222 e. The van der Waals surface area contributed by atoms with Crippen molar-refractivity contribution in [1.29, 1.82) is 0 Å². The molecule has 0 aliphatic rings. The summed E-state index contributed by atoms with van der Waals surface area (Å²) in [7, 11) is 0. The maximum atomic E-state index is 5.60. The quantitative estimate of drug-likeness (QED) is 0.863. The highest BCUT2D eigenvalue weighted by atomic mass is 15.1. The molecule has 1 aromatic carbocycles. The fourth-order valence-electron chi connectivity index (χ4n) is 1.88. The van der Waals surface area contributed by atoms with Crippen molar-refractivity contribution in [2.24, 2.45) is 0 Å². The SMILES string of the molecule is Cc1cccc(CCNc2cc(C)nc(N)n2)c1. The van der Waals surface area contributed by atoms with Crippen LogP contribution in [0.15, 0.2) is 30.3 Å². The lowest BCUT2D eigenvalue weighted by Crippen LogP contribution is -2.08. The van der Waals surface area contributed by atoms with Crippen molar-refractivity contribution in [1.82, 2.24) is 9.97 Å². The molecule has 2 aromatic rings. The molecule has 4 heteroatoms. The van der Waals surface area contributed by atoms with Gasteiger partial charge in [-0.2, -0.15) is 4.98 Å². The van der Waals surface area contributed by atoms with Crippen LogP contribution >= 0.6 is 0 Å². The van der Waals surface area contributed by atoms with Gasteiger partial charge in [-0.3, -0.25) is 0 Å². The summed E-state index contributed by atoms with van der Waals surface area (Å²) in [6, 6.07) is 10.4. The highest BCUT2D eigenvalue weighted by molar-refractivity contribution is 5.40. The van der Waals surface area contributed by atoms with E-state index in [2.05, 4.69) is 46.5 Å². The van der Waals surface area contributed by atoms with Crippen molar-refractivity contribution in [2.45, 2.75) is 20.3 Å². The molecule has 0 amide bonds. The van der Waals surface area contributed by atoms with Crippen LogP contribution < -0.4 is 11.1 Å². The summed E-state index contributed by atoms with van der Waals surface area (Å²) in [5, 5.41) is 3.26. The van der Waals surface area contributed by atoms with Crippen LogP contribution in [0, 0.1) is 13.8 Å². The summed E-state index contributed by atoms with van der Waals surface area (Å²) in [6.45, 7) is 4.84. The van der Waals surface area contributed by atoms with Crippen LogP contribution in [0.1, 0.15) is 16.8 Å². The Hall–Kier alpha value is -2.10. The zero-order chi connectivity index (χ0) is 13.0. The van der Waals surface area contributed by atoms with E-state index in [0.717, 1.165) is 24.5 Å². The highest BCUT2D eigenvalue weighted by Crippen LogP contribution is 2.08. The number of aromatic nitrogens is 2. The van der Waals surface area contributed by atoms with E-state index in [9.17, 15) is 0 Å². The van der Waals surface area contributed by atoms with Crippen LogP contribution in [0.5, 0.6) is 0 Å². The number of nitrogens with two attached hydrogens (primary N) is 1. The Morgan fingerprint density at radius 3 is 2.72 bits per heavy atom. The van der Waals surface area contributed by atoms with Crippen molar-refractivity contribution in [3.05, 3.63) is 47.2 Å². The van der Waals surface area contributed by atoms with E-state index in [1.165, 1.54) is 11.1 Å². The van der Waals surface area contributed by atoms with Crippen LogP contribution in [0.3, 0.4) is 0 Å². The maximum absolute atomic E-state index is 5.60. The third-order valence-electron chi connectivity index (χ3n) is 2.67. The van der Waals surface area contributed by atoms with E-state index in [1.807, 2.05) is 13.0 Å². The molecular formula is C14H18N4. The first-order valence-corrected chi connectivity index (χ1v) is 6.04. The summed E-state index contributed by atoms with van der Waals surface area (Å²) in [6.07, 6.45) is 0.963. The molecule has 18 heavy (non-hydrogen) atoms. The molecule has 94 valence electrons. The van der Waals surface area contributed by atoms with Gasteiger partial charge in [-0.1, -0.05) is 29.8 Å². The summed E-state index contributed by atoms with van der Waals surface area (Å²) in [5.74, 6) is 1.10. The Labute approximate surface area is 107 Å². The number of hydrogen-bond donors (Lipinski definition) is 2. The Morgan fingerprint density at radius 1 is 1.17 bits per heavy atom. The second-order valence-corrected chi connectivity index (χ2v) is 4.42. The Balaban J connectivity index is 1.92. The monoisotopic (exact) mass is 242 g/mol. The van der Waals surface area contributed by atoms with Gasteiger partial charge in [0.25, 0.3) is 0 Å². The molecule has 0 aliphatic carbocycles. The molecule has 0 saturated heterocycles. The number of rotatable bonds is 4. The lowest BCUT2D eigenvalue weighted by molar-refractivity contribution is 0.994. The molecule has 1 heterocycles. The number of nitrogens with zero attached hydrogens (tertiary/aromatic N) is 2. The van der Waals surface area contributed by atoms with E-state index in [4.69, 9.17) is 5.73 Å². The fraction of sp³-hybridized carbons (Fsp3) is 0.286. The molecular weight excluding hydrogens is 224 g/mol. The average Bonchev–Trinajstić information content (AvgIpc) is 2.27. The van der Waals surface area contributed by atoms with Gasteiger partial charge in [0.05, 0.1) is 0 Å². The molecule has 0 radical (unpaired) electrons. The summed E-state index contributed by atoms with van der Waals surface area (Å²) < 4.78 is 0. The number of benzene rings is 1. The van der Waals surface area contributed by atoms with Gasteiger partial charge in [0.2, 0.25) is 5.95 Å². The van der Waals surface area contributed by atoms with Gasteiger partial charge in [-0.05, 0) is 25.8 Å². The second kappa shape index (κ2) is 5.49. The van der Waals surface area contributed by atoms with Crippen molar-refractivity contribution < 1.29 is 0 Å². The van der Waals surface area contributed by atoms with E-state index in [0.29, 0.717) is 5.95 Å². The largest absolute Gasteiger partial charge is 0.370 e. The summed E-state index contributed by atoms with van der Waals surface area (Å²) in [5.41, 5.74) is 9.08. The topological polar surface area (TPSA) is 63.8 Å². The third-order valence-corrected chi connectivity index (χ3v) is 2.67. The first kappa shape index (κ1) is 12.4. The molecule has 4 nitrogen and oxygen atoms in total. The highest BCUT2D eigenvalue weighted by Gasteiger charge is 1.99. The minimum absolute atomic E-state index is 0.313. The first-order chi connectivity index (χ1) is 8.63. The van der Waals surface area contributed by atoms with Gasteiger partial charge in [0, 0.05) is 18.3 Å². The predicted octanol–water partition coefficient (Wildman–Crippen LogP) is 2.33. The minimum Gasteiger partial charge on any atom is -0.370 e. The normalized spacial score (nSPS) is 10.3. The zero-order valence-corrected chi connectivity index (χ0v) is 10.8. The summed E-state index contributed by atoms with van der Waals surface area (Å²) in [4.78, 5) is 8.18. The molecule has 0 bridgehead atoms. The molecule has 0 atom stereocenters. The molecule has 1 aromatic heterocycles. The van der Waals surface area contributed by atoms with E-state index in [-0.39, 0.29) is 0 Å². The summed E-state index contributed by atoms with van der Waals surface area (Å²) >= 11 is 0. The van der Waals surface area contributed by atoms with Gasteiger partial charge < -0.3 is 11.1 Å². The zero-order valence-electron chi connectivity index (χ0n) is 10.8. The van der Waals surface area contributed by atoms with Crippen molar-refractivity contribution in [3.8, 4) is 0 Å². The van der Waals surface area contributed by atoms with Crippen LogP contribution in [0.2, 0.25) is 0 Å². The average molecular weight is 242 g/mol. The number of aryl methyl sites for hydroxylation is 2. The molecule has 2 rings (SSSR count). The maximum Gasteiger partial charge on any atom is 0.222 e. The van der Waals surface area contributed by atoms with Gasteiger partial charge in [0.1, 0.15) is 5.82 Å². The molecule has 3 N–H and O–H groups in total. The Kier molecular flexibility index (Phi) is 3.77. The third kappa shape index (κ3) is 3.45. The Morgan fingerprint density at radius 2 is 2.00 bits per heavy atom. The lowest BCUT2D eigenvalue weighted by atomic mass is 10.1. The first-order valence-electron chi connectivity index (χ1n) is 6.04. The molecule has 0 spiro atoms. The van der Waals surface area contributed by atoms with Crippen LogP contribution in [0.4, 0.5) is 11.8 Å². The fourth-order valence-corrected chi connectivity index (χ4v) is 1.88. The van der Waals surface area contributed by atoms with Gasteiger partial charge in [0.15, 0.2) is 0 Å². The number of nitrogens with one attached hydrogen (secondary N) is 1. The van der Waals surface area contributed by atoms with Crippen LogP contribution in [-0.4, -0.2) is 16.5 Å². The van der Waals surface area contributed by atoms with E-state index >= 15 is 0 Å². The minimum atomic E-state index is 0.313. The van der Waals surface area contributed by atoms with E-state index < -0.39 is 0 Å². The van der Waals surface area contributed by atoms with E-state index in [1.54, 1.807) is 0 Å². The Bertz CT molecular complexity index is 517. The molecule has 0 aliphatic heterocycles. The standard InChI is InChI=1S/C14H18N4/c1-10-4-3-5-12(8-10)6-7-16-13-9-11(2)17-14(15)18-13/h3-5,8-9H,6-7H2,1-2H3,(H3,15,16,17,18). The van der Waals surface area contributed by atoms with Gasteiger partial charge in [-0.25, -0.2) is 4.98 Å². The van der Waals surface area contributed by atoms with Gasteiger partial charge >= 0.3 is 0 Å². The van der Waals surface area contributed by atoms with Crippen molar-refractivity contribution in [2.75, 3.05) is 17.6 Å². The van der Waals surface area contributed by atoms with Crippen LogP contribution in [-0.2, 0) is 6.42 Å². The van der Waals surface area contributed by atoms with Crippen molar-refractivity contribution in [3.63, 3.8) is 0 Å². The molecule has 0 fully saturated rings. The number of anilines is 2. The number of nitrogen functional groups attached to an aromatic ring is 1. The van der Waals surface area contributed by atoms with Gasteiger partial charge in [-0.15, -0.1) is 0 Å². The lowest BCUT2D eigenvalue weighted by Gasteiger charge is -2.07. The van der Waals surface area contributed by atoms with Crippen molar-refractivity contribution >= 4 is 11.8 Å². The molecule has 0 saturated carbocycles. The van der Waals surface area contributed by atoms with Crippen LogP contribution in [0.25, 0.3) is 0 Å². The molecule has 0 unspecified atom stereocenters. The predicted molar refractivity (Wildman–Crippen MR) is 74.6 cm³/mol.